The lowest BCUT2D eigenvalue weighted by molar-refractivity contribution is 0.0962. The highest BCUT2D eigenvalue weighted by Gasteiger charge is 2.16. The Morgan fingerprint density at radius 1 is 1.47 bits per heavy atom. The predicted molar refractivity (Wildman–Crippen MR) is 64.1 cm³/mol. The van der Waals surface area contributed by atoms with Gasteiger partial charge in [0.1, 0.15) is 0 Å². The van der Waals surface area contributed by atoms with Gasteiger partial charge >= 0.3 is 0 Å². The Balaban J connectivity index is 2.50. The number of hydrogen-bond donors (Lipinski definition) is 1. The minimum Gasteiger partial charge on any atom is -0.355 e. The number of nitrogens with one attached hydrogen (secondary N) is 1. The van der Waals surface area contributed by atoms with E-state index < -0.39 is 0 Å². The fourth-order valence-corrected chi connectivity index (χ4v) is 1.71. The van der Waals surface area contributed by atoms with E-state index in [1.54, 1.807) is 24.1 Å². The zero-order valence-corrected chi connectivity index (χ0v) is 9.84. The van der Waals surface area contributed by atoms with Crippen LogP contribution in [0, 0.1) is 0 Å². The molecule has 0 unspecified atom stereocenters. The third-order valence-electron chi connectivity index (χ3n) is 2.54. The normalized spacial score (nSPS) is 10.2. The molecule has 5 heteroatoms. The monoisotopic (exact) mass is 230 g/mol. The predicted octanol–water partition coefficient (Wildman–Crippen LogP) is 1.19. The highest BCUT2D eigenvalue weighted by atomic mass is 16.1. The molecule has 0 aliphatic carbocycles. The van der Waals surface area contributed by atoms with Crippen LogP contribution in [0.25, 0.3) is 5.82 Å². The Kier molecular flexibility index (Phi) is 3.18. The van der Waals surface area contributed by atoms with Gasteiger partial charge in [0.15, 0.2) is 5.82 Å². The highest BCUT2D eigenvalue weighted by molar-refractivity contribution is 5.95. The first-order valence-electron chi connectivity index (χ1n) is 5.48. The molecule has 17 heavy (non-hydrogen) atoms. The fraction of sp³-hybridized carbons (Fsp3) is 0.250. The number of hydrogen-bond acceptors (Lipinski definition) is 3. The average Bonchev–Trinajstić information content (AvgIpc) is 2.82. The third kappa shape index (κ3) is 2.04. The van der Waals surface area contributed by atoms with E-state index in [4.69, 9.17) is 0 Å². The first kappa shape index (κ1) is 11.3. The van der Waals surface area contributed by atoms with Crippen LogP contribution in [0.15, 0.2) is 30.6 Å². The van der Waals surface area contributed by atoms with Gasteiger partial charge in [-0.3, -0.25) is 4.79 Å². The summed E-state index contributed by atoms with van der Waals surface area (Å²) in [6, 6.07) is 5.60. The molecule has 0 bridgehead atoms. The number of carbonyl (C=O) groups is 1. The summed E-state index contributed by atoms with van der Waals surface area (Å²) in [5.74, 6) is 0.600. The van der Waals surface area contributed by atoms with E-state index >= 15 is 0 Å². The van der Waals surface area contributed by atoms with Crippen molar-refractivity contribution in [3.8, 4) is 5.82 Å². The molecule has 2 heterocycles. The van der Waals surface area contributed by atoms with Gasteiger partial charge in [-0.15, -0.1) is 0 Å². The van der Waals surface area contributed by atoms with Crippen LogP contribution in [-0.4, -0.2) is 27.7 Å². The second kappa shape index (κ2) is 4.78. The van der Waals surface area contributed by atoms with Crippen LogP contribution in [0.4, 0.5) is 0 Å². The van der Waals surface area contributed by atoms with Crippen molar-refractivity contribution >= 4 is 5.91 Å². The van der Waals surface area contributed by atoms with E-state index in [-0.39, 0.29) is 5.91 Å². The lowest BCUT2D eigenvalue weighted by Gasteiger charge is -2.05. The van der Waals surface area contributed by atoms with Crippen LogP contribution in [0.2, 0.25) is 0 Å². The molecule has 0 aliphatic rings. The van der Waals surface area contributed by atoms with Crippen LogP contribution in [0.1, 0.15) is 23.0 Å². The summed E-state index contributed by atoms with van der Waals surface area (Å²) in [7, 11) is 1.61. The Morgan fingerprint density at radius 2 is 2.29 bits per heavy atom. The summed E-state index contributed by atoms with van der Waals surface area (Å²) < 4.78 is 1.70. The largest absolute Gasteiger partial charge is 0.355 e. The quantitative estimate of drug-likeness (QED) is 0.861. The molecular weight excluding hydrogens is 216 g/mol. The van der Waals surface area contributed by atoms with E-state index in [1.165, 1.54) is 0 Å². The molecule has 2 aromatic heterocycles. The maximum absolute atomic E-state index is 11.7. The maximum atomic E-state index is 11.7. The molecule has 88 valence electrons. The van der Waals surface area contributed by atoms with E-state index in [1.807, 2.05) is 25.1 Å². The molecule has 2 aromatic rings. The van der Waals surface area contributed by atoms with Crippen molar-refractivity contribution in [1.29, 1.82) is 0 Å². The van der Waals surface area contributed by atoms with Gasteiger partial charge < -0.3 is 5.32 Å². The molecule has 5 nitrogen and oxygen atoms in total. The molecule has 0 aliphatic heterocycles. The van der Waals surface area contributed by atoms with Crippen LogP contribution in [0.5, 0.6) is 0 Å². The van der Waals surface area contributed by atoms with Gasteiger partial charge in [-0.05, 0) is 18.6 Å². The topological polar surface area (TPSA) is 59.8 Å². The molecular formula is C12H14N4O. The van der Waals surface area contributed by atoms with Crippen LogP contribution in [-0.2, 0) is 6.42 Å². The van der Waals surface area contributed by atoms with Gasteiger partial charge in [0.25, 0.3) is 5.91 Å². The summed E-state index contributed by atoms with van der Waals surface area (Å²) in [5.41, 5.74) is 1.46. The standard InChI is InChI=1S/C12H14N4O/c1-3-10-9(12(17)13-2)8-15-16(10)11-6-4-5-7-14-11/h4-8H,3H2,1-2H3,(H,13,17). The van der Waals surface area contributed by atoms with Crippen molar-refractivity contribution < 1.29 is 4.79 Å². The minimum atomic E-state index is -0.121. The van der Waals surface area contributed by atoms with Crippen LogP contribution in [0.3, 0.4) is 0 Å². The van der Waals surface area contributed by atoms with E-state index in [2.05, 4.69) is 15.4 Å². The summed E-state index contributed by atoms with van der Waals surface area (Å²) in [5, 5.41) is 6.83. The number of carbonyl (C=O) groups excluding carboxylic acids is 1. The molecule has 0 atom stereocenters. The zero-order valence-electron chi connectivity index (χ0n) is 9.84. The number of amides is 1. The summed E-state index contributed by atoms with van der Waals surface area (Å²) in [6.07, 6.45) is 4.00. The lowest BCUT2D eigenvalue weighted by Crippen LogP contribution is -2.19. The summed E-state index contributed by atoms with van der Waals surface area (Å²) in [6.45, 7) is 1.99. The second-order valence-corrected chi connectivity index (χ2v) is 3.54. The van der Waals surface area contributed by atoms with Crippen LogP contribution >= 0.6 is 0 Å². The molecule has 0 saturated carbocycles. The van der Waals surface area contributed by atoms with Gasteiger partial charge in [0, 0.05) is 13.2 Å². The molecule has 0 radical (unpaired) electrons. The average molecular weight is 230 g/mol. The van der Waals surface area contributed by atoms with Gasteiger partial charge in [0.05, 0.1) is 17.5 Å². The van der Waals surface area contributed by atoms with Crippen LogP contribution < -0.4 is 5.32 Å². The maximum Gasteiger partial charge on any atom is 0.254 e. The first-order valence-corrected chi connectivity index (χ1v) is 5.48. The van der Waals surface area contributed by atoms with Gasteiger partial charge in [-0.2, -0.15) is 5.10 Å². The van der Waals surface area contributed by atoms with Gasteiger partial charge in [-0.1, -0.05) is 13.0 Å². The number of nitrogens with zero attached hydrogens (tertiary/aromatic N) is 3. The Labute approximate surface area is 99.5 Å². The van der Waals surface area contributed by atoms with Crippen molar-refractivity contribution in [2.24, 2.45) is 0 Å². The molecule has 1 N–H and O–H groups in total. The molecule has 0 fully saturated rings. The smallest absolute Gasteiger partial charge is 0.254 e. The second-order valence-electron chi connectivity index (χ2n) is 3.54. The van der Waals surface area contributed by atoms with Crippen molar-refractivity contribution in [3.05, 3.63) is 41.9 Å². The van der Waals surface area contributed by atoms with E-state index in [0.717, 1.165) is 17.9 Å². The molecule has 0 aromatic carbocycles. The fourth-order valence-electron chi connectivity index (χ4n) is 1.71. The first-order chi connectivity index (χ1) is 8.27. The number of pyridine rings is 1. The van der Waals surface area contributed by atoms with Gasteiger partial charge in [-0.25, -0.2) is 9.67 Å². The molecule has 1 amide bonds. The van der Waals surface area contributed by atoms with Crippen molar-refractivity contribution in [1.82, 2.24) is 20.1 Å². The SMILES string of the molecule is CCc1c(C(=O)NC)cnn1-c1ccccn1. The highest BCUT2D eigenvalue weighted by Crippen LogP contribution is 2.13. The van der Waals surface area contributed by atoms with Crippen molar-refractivity contribution in [3.63, 3.8) is 0 Å². The van der Waals surface area contributed by atoms with Gasteiger partial charge in [0.2, 0.25) is 0 Å². The van der Waals surface area contributed by atoms with E-state index in [0.29, 0.717) is 5.56 Å². The Morgan fingerprint density at radius 3 is 2.88 bits per heavy atom. The lowest BCUT2D eigenvalue weighted by atomic mass is 10.2. The molecule has 2 rings (SSSR count). The summed E-state index contributed by atoms with van der Waals surface area (Å²) in [4.78, 5) is 15.9. The minimum absolute atomic E-state index is 0.121. The third-order valence-corrected chi connectivity index (χ3v) is 2.54. The molecule has 0 saturated heterocycles. The van der Waals surface area contributed by atoms with Crippen molar-refractivity contribution in [2.45, 2.75) is 13.3 Å². The van der Waals surface area contributed by atoms with E-state index in [9.17, 15) is 4.79 Å². The molecule has 0 spiro atoms. The Hall–Kier alpha value is -2.17. The zero-order chi connectivity index (χ0) is 12.3. The number of rotatable bonds is 3. The summed E-state index contributed by atoms with van der Waals surface area (Å²) >= 11 is 0. The van der Waals surface area contributed by atoms with Crippen molar-refractivity contribution in [2.75, 3.05) is 7.05 Å². The number of aromatic nitrogens is 3. The Bertz CT molecular complexity index is 519.